The molecule has 1 N–H and O–H groups in total. The normalized spacial score (nSPS) is 18.8. The predicted octanol–water partition coefficient (Wildman–Crippen LogP) is 1.45. The van der Waals surface area contributed by atoms with Crippen molar-refractivity contribution >= 4 is 5.91 Å². The summed E-state index contributed by atoms with van der Waals surface area (Å²) in [4.78, 5) is 14.5. The zero-order chi connectivity index (χ0) is 14.7. The summed E-state index contributed by atoms with van der Waals surface area (Å²) >= 11 is 0. The summed E-state index contributed by atoms with van der Waals surface area (Å²) in [5.74, 6) is 1.38. The first-order valence-electron chi connectivity index (χ1n) is 6.82. The van der Waals surface area contributed by atoms with Crippen LogP contribution >= 0.6 is 0 Å². The van der Waals surface area contributed by atoms with E-state index in [1.165, 1.54) is 0 Å². The van der Waals surface area contributed by atoms with Crippen molar-refractivity contribution < 1.29 is 14.3 Å². The fourth-order valence-electron chi connectivity index (χ4n) is 2.52. The molecule has 0 unspecified atom stereocenters. The van der Waals surface area contributed by atoms with E-state index in [1.807, 2.05) is 18.7 Å². The molecule has 0 bridgehead atoms. The maximum atomic E-state index is 12.6. The molecule has 1 aliphatic rings. The second-order valence-electron chi connectivity index (χ2n) is 5.06. The molecule has 1 aliphatic heterocycles. The Kier molecular flexibility index (Phi) is 4.49. The Morgan fingerprint density at radius 3 is 2.40 bits per heavy atom. The largest absolute Gasteiger partial charge is 0.496 e. The number of piperazine rings is 1. The molecule has 1 aromatic rings. The van der Waals surface area contributed by atoms with Gasteiger partial charge in [0.05, 0.1) is 14.2 Å². The van der Waals surface area contributed by atoms with Gasteiger partial charge in [0.25, 0.3) is 5.91 Å². The molecule has 1 atom stereocenters. The lowest BCUT2D eigenvalue weighted by atomic mass is 10.1. The molecule has 5 heteroatoms. The molecule has 20 heavy (non-hydrogen) atoms. The SMILES string of the molecule is COc1cc(C(=O)N2CCNC[C@@H]2C)cc(OC)c1C. The number of hydrogen-bond acceptors (Lipinski definition) is 4. The van der Waals surface area contributed by atoms with Crippen molar-refractivity contribution in [3.63, 3.8) is 0 Å². The van der Waals surface area contributed by atoms with Gasteiger partial charge in [0, 0.05) is 36.8 Å². The summed E-state index contributed by atoms with van der Waals surface area (Å²) in [5.41, 5.74) is 1.51. The maximum Gasteiger partial charge on any atom is 0.254 e. The Bertz CT molecular complexity index is 477. The van der Waals surface area contributed by atoms with E-state index in [1.54, 1.807) is 26.4 Å². The van der Waals surface area contributed by atoms with Crippen LogP contribution in [0.2, 0.25) is 0 Å². The lowest BCUT2D eigenvalue weighted by Gasteiger charge is -2.34. The first-order valence-corrected chi connectivity index (χ1v) is 6.82. The summed E-state index contributed by atoms with van der Waals surface area (Å²) in [7, 11) is 3.20. The molecule has 110 valence electrons. The minimum Gasteiger partial charge on any atom is -0.496 e. The van der Waals surface area contributed by atoms with Gasteiger partial charge in [-0.3, -0.25) is 4.79 Å². The van der Waals surface area contributed by atoms with E-state index in [4.69, 9.17) is 9.47 Å². The highest BCUT2D eigenvalue weighted by Gasteiger charge is 2.25. The van der Waals surface area contributed by atoms with Crippen molar-refractivity contribution in [1.82, 2.24) is 10.2 Å². The van der Waals surface area contributed by atoms with Gasteiger partial charge < -0.3 is 19.7 Å². The molecular formula is C15H22N2O3. The minimum absolute atomic E-state index is 0.0237. The number of carbonyl (C=O) groups excluding carboxylic acids is 1. The molecule has 2 rings (SSSR count). The minimum atomic E-state index is 0.0237. The molecular weight excluding hydrogens is 256 g/mol. The third-order valence-corrected chi connectivity index (χ3v) is 3.76. The lowest BCUT2D eigenvalue weighted by molar-refractivity contribution is 0.0655. The lowest BCUT2D eigenvalue weighted by Crippen LogP contribution is -2.52. The fourth-order valence-corrected chi connectivity index (χ4v) is 2.52. The maximum absolute atomic E-state index is 12.6. The monoisotopic (exact) mass is 278 g/mol. The number of nitrogens with one attached hydrogen (secondary N) is 1. The van der Waals surface area contributed by atoms with Crippen LogP contribution in [0.15, 0.2) is 12.1 Å². The molecule has 1 saturated heterocycles. The molecule has 1 amide bonds. The molecule has 1 heterocycles. The van der Waals surface area contributed by atoms with Crippen LogP contribution in [0.1, 0.15) is 22.8 Å². The number of methoxy groups -OCH3 is 2. The molecule has 1 aromatic carbocycles. The number of amides is 1. The van der Waals surface area contributed by atoms with Crippen molar-refractivity contribution in [3.05, 3.63) is 23.3 Å². The van der Waals surface area contributed by atoms with Crippen LogP contribution in [-0.4, -0.2) is 50.7 Å². The second-order valence-corrected chi connectivity index (χ2v) is 5.06. The number of rotatable bonds is 3. The van der Waals surface area contributed by atoms with E-state index in [-0.39, 0.29) is 11.9 Å². The third kappa shape index (κ3) is 2.72. The topological polar surface area (TPSA) is 50.8 Å². The summed E-state index contributed by atoms with van der Waals surface area (Å²) in [5, 5.41) is 3.28. The summed E-state index contributed by atoms with van der Waals surface area (Å²) in [6.45, 7) is 6.34. The zero-order valence-corrected chi connectivity index (χ0v) is 12.5. The van der Waals surface area contributed by atoms with E-state index >= 15 is 0 Å². The molecule has 0 radical (unpaired) electrons. The van der Waals surface area contributed by atoms with Crippen molar-refractivity contribution in [1.29, 1.82) is 0 Å². The van der Waals surface area contributed by atoms with Crippen LogP contribution in [-0.2, 0) is 0 Å². The molecule has 0 saturated carbocycles. The first-order chi connectivity index (χ1) is 9.58. The summed E-state index contributed by atoms with van der Waals surface area (Å²) in [6, 6.07) is 3.76. The van der Waals surface area contributed by atoms with Gasteiger partial charge in [-0.2, -0.15) is 0 Å². The smallest absolute Gasteiger partial charge is 0.254 e. The molecule has 1 fully saturated rings. The van der Waals surface area contributed by atoms with Crippen LogP contribution in [0.4, 0.5) is 0 Å². The van der Waals surface area contributed by atoms with Crippen LogP contribution in [0.3, 0.4) is 0 Å². The van der Waals surface area contributed by atoms with Crippen LogP contribution in [0.25, 0.3) is 0 Å². The number of nitrogens with zero attached hydrogens (tertiary/aromatic N) is 1. The van der Waals surface area contributed by atoms with Crippen molar-refractivity contribution in [2.24, 2.45) is 0 Å². The standard InChI is InChI=1S/C15H22N2O3/c1-10-9-16-5-6-17(10)15(18)12-7-13(19-3)11(2)14(8-12)20-4/h7-8,10,16H,5-6,9H2,1-4H3/t10-/m0/s1. The molecule has 0 spiro atoms. The van der Waals surface area contributed by atoms with Crippen molar-refractivity contribution in [3.8, 4) is 11.5 Å². The average Bonchev–Trinajstić information content (AvgIpc) is 2.47. The van der Waals surface area contributed by atoms with E-state index in [0.29, 0.717) is 17.1 Å². The Labute approximate surface area is 119 Å². The third-order valence-electron chi connectivity index (χ3n) is 3.76. The fraction of sp³-hybridized carbons (Fsp3) is 0.533. The number of hydrogen-bond donors (Lipinski definition) is 1. The van der Waals surface area contributed by atoms with Gasteiger partial charge in [0.1, 0.15) is 11.5 Å². The van der Waals surface area contributed by atoms with Gasteiger partial charge in [-0.1, -0.05) is 0 Å². The van der Waals surface area contributed by atoms with Crippen LogP contribution in [0.5, 0.6) is 11.5 Å². The Balaban J connectivity index is 2.34. The van der Waals surface area contributed by atoms with Gasteiger partial charge >= 0.3 is 0 Å². The van der Waals surface area contributed by atoms with Crippen LogP contribution < -0.4 is 14.8 Å². The summed E-state index contributed by atoms with van der Waals surface area (Å²) in [6.07, 6.45) is 0. The van der Waals surface area contributed by atoms with E-state index in [9.17, 15) is 4.79 Å². The van der Waals surface area contributed by atoms with Gasteiger partial charge in [0.15, 0.2) is 0 Å². The number of ether oxygens (including phenoxy) is 2. The quantitative estimate of drug-likeness (QED) is 0.909. The number of carbonyl (C=O) groups is 1. The highest BCUT2D eigenvalue weighted by atomic mass is 16.5. The highest BCUT2D eigenvalue weighted by Crippen LogP contribution is 2.30. The van der Waals surface area contributed by atoms with Crippen molar-refractivity contribution in [2.75, 3.05) is 33.9 Å². The van der Waals surface area contributed by atoms with Gasteiger partial charge in [0.2, 0.25) is 0 Å². The van der Waals surface area contributed by atoms with Gasteiger partial charge in [-0.05, 0) is 26.0 Å². The van der Waals surface area contributed by atoms with Crippen LogP contribution in [0, 0.1) is 6.92 Å². The molecule has 0 aliphatic carbocycles. The highest BCUT2D eigenvalue weighted by molar-refractivity contribution is 5.95. The summed E-state index contributed by atoms with van der Waals surface area (Å²) < 4.78 is 10.7. The molecule has 0 aromatic heterocycles. The first kappa shape index (κ1) is 14.7. The van der Waals surface area contributed by atoms with E-state index in [0.717, 1.165) is 25.2 Å². The van der Waals surface area contributed by atoms with Gasteiger partial charge in [-0.15, -0.1) is 0 Å². The second kappa shape index (κ2) is 6.13. The zero-order valence-electron chi connectivity index (χ0n) is 12.5. The van der Waals surface area contributed by atoms with E-state index in [2.05, 4.69) is 5.32 Å². The Morgan fingerprint density at radius 2 is 1.90 bits per heavy atom. The molecule has 5 nitrogen and oxygen atoms in total. The van der Waals surface area contributed by atoms with Crippen molar-refractivity contribution in [2.45, 2.75) is 19.9 Å². The average molecular weight is 278 g/mol. The Hall–Kier alpha value is -1.75. The predicted molar refractivity (Wildman–Crippen MR) is 77.7 cm³/mol. The number of benzene rings is 1. The van der Waals surface area contributed by atoms with E-state index < -0.39 is 0 Å². The van der Waals surface area contributed by atoms with Gasteiger partial charge in [-0.25, -0.2) is 0 Å². The Morgan fingerprint density at radius 1 is 1.30 bits per heavy atom.